The van der Waals surface area contributed by atoms with Gasteiger partial charge in [-0.1, -0.05) is 12.1 Å². The number of anilines is 1. The van der Waals surface area contributed by atoms with Crippen molar-refractivity contribution < 1.29 is 4.79 Å². The summed E-state index contributed by atoms with van der Waals surface area (Å²) in [6.07, 6.45) is 0. The number of carbonyl (C=O) groups is 1. The molecule has 1 aliphatic rings. The first-order chi connectivity index (χ1) is 7.18. The maximum atomic E-state index is 11.1. The van der Waals surface area contributed by atoms with E-state index in [1.807, 2.05) is 25.1 Å². The molecular weight excluding hydrogens is 190 g/mol. The number of hydrogen-bond acceptors (Lipinski definition) is 3. The Morgan fingerprint density at radius 1 is 1.53 bits per heavy atom. The van der Waals surface area contributed by atoms with Crippen LogP contribution in [0.1, 0.15) is 24.0 Å². The SMILES string of the molecule is CC(C(N)=O)c1ccc2c(c1)CNCN2. The fourth-order valence-electron chi connectivity index (χ4n) is 1.72. The molecule has 0 spiro atoms. The van der Waals surface area contributed by atoms with E-state index < -0.39 is 0 Å². The van der Waals surface area contributed by atoms with Crippen molar-refractivity contribution in [1.29, 1.82) is 0 Å². The highest BCUT2D eigenvalue weighted by atomic mass is 16.1. The van der Waals surface area contributed by atoms with E-state index in [2.05, 4.69) is 10.6 Å². The summed E-state index contributed by atoms with van der Waals surface area (Å²) in [6, 6.07) is 5.99. The van der Waals surface area contributed by atoms with Crippen LogP contribution in [0.5, 0.6) is 0 Å². The monoisotopic (exact) mass is 205 g/mol. The number of amides is 1. The van der Waals surface area contributed by atoms with Gasteiger partial charge in [0.15, 0.2) is 0 Å². The lowest BCUT2D eigenvalue weighted by atomic mass is 9.97. The van der Waals surface area contributed by atoms with Gasteiger partial charge in [-0.2, -0.15) is 0 Å². The van der Waals surface area contributed by atoms with Gasteiger partial charge in [-0.15, -0.1) is 0 Å². The summed E-state index contributed by atoms with van der Waals surface area (Å²) in [5.41, 5.74) is 8.57. The van der Waals surface area contributed by atoms with E-state index >= 15 is 0 Å². The molecule has 0 aliphatic carbocycles. The number of carbonyl (C=O) groups excluding carboxylic acids is 1. The van der Waals surface area contributed by atoms with Crippen LogP contribution in [0.3, 0.4) is 0 Å². The average molecular weight is 205 g/mol. The van der Waals surface area contributed by atoms with Crippen LogP contribution in [0.4, 0.5) is 5.69 Å². The van der Waals surface area contributed by atoms with Crippen LogP contribution < -0.4 is 16.4 Å². The van der Waals surface area contributed by atoms with Gasteiger partial charge in [0.05, 0.1) is 12.6 Å². The Kier molecular flexibility index (Phi) is 2.60. The van der Waals surface area contributed by atoms with Crippen LogP contribution in [0.15, 0.2) is 18.2 Å². The lowest BCUT2D eigenvalue weighted by molar-refractivity contribution is -0.119. The molecule has 4 N–H and O–H groups in total. The van der Waals surface area contributed by atoms with Crippen LogP contribution in [-0.2, 0) is 11.3 Å². The van der Waals surface area contributed by atoms with E-state index in [4.69, 9.17) is 5.73 Å². The molecule has 0 fully saturated rings. The molecule has 1 aromatic rings. The topological polar surface area (TPSA) is 67.2 Å². The highest BCUT2D eigenvalue weighted by Gasteiger charge is 2.14. The van der Waals surface area contributed by atoms with Crippen LogP contribution in [0, 0.1) is 0 Å². The summed E-state index contributed by atoms with van der Waals surface area (Å²) in [5.74, 6) is -0.510. The quantitative estimate of drug-likeness (QED) is 0.667. The zero-order chi connectivity index (χ0) is 10.8. The lowest BCUT2D eigenvalue weighted by Gasteiger charge is -2.20. The Labute approximate surface area is 88.9 Å². The maximum absolute atomic E-state index is 11.1. The molecule has 80 valence electrons. The normalized spacial score (nSPS) is 16.3. The molecule has 1 heterocycles. The molecule has 4 nitrogen and oxygen atoms in total. The first-order valence-electron chi connectivity index (χ1n) is 5.05. The first-order valence-corrected chi connectivity index (χ1v) is 5.05. The van der Waals surface area contributed by atoms with Crippen LogP contribution >= 0.6 is 0 Å². The second-order valence-electron chi connectivity index (χ2n) is 3.82. The fourth-order valence-corrected chi connectivity index (χ4v) is 1.72. The van der Waals surface area contributed by atoms with Crippen molar-refractivity contribution in [3.63, 3.8) is 0 Å². The second-order valence-corrected chi connectivity index (χ2v) is 3.82. The molecule has 1 aliphatic heterocycles. The third-order valence-electron chi connectivity index (χ3n) is 2.78. The van der Waals surface area contributed by atoms with Gasteiger partial charge >= 0.3 is 0 Å². The molecular formula is C11H15N3O. The van der Waals surface area contributed by atoms with Crippen molar-refractivity contribution in [1.82, 2.24) is 5.32 Å². The van der Waals surface area contributed by atoms with E-state index in [0.29, 0.717) is 0 Å². The molecule has 0 aromatic heterocycles. The van der Waals surface area contributed by atoms with Gasteiger partial charge in [0.25, 0.3) is 0 Å². The molecule has 1 amide bonds. The van der Waals surface area contributed by atoms with E-state index in [1.165, 1.54) is 5.56 Å². The number of fused-ring (bicyclic) bond motifs is 1. The smallest absolute Gasteiger partial charge is 0.224 e. The molecule has 0 saturated heterocycles. The third kappa shape index (κ3) is 1.94. The van der Waals surface area contributed by atoms with Gasteiger partial charge in [0, 0.05) is 12.2 Å². The van der Waals surface area contributed by atoms with Crippen molar-refractivity contribution in [2.45, 2.75) is 19.4 Å². The molecule has 2 rings (SSSR count). The summed E-state index contributed by atoms with van der Waals surface area (Å²) in [7, 11) is 0. The minimum atomic E-state index is -0.285. The Balaban J connectivity index is 2.31. The van der Waals surface area contributed by atoms with Crippen molar-refractivity contribution >= 4 is 11.6 Å². The van der Waals surface area contributed by atoms with Gasteiger partial charge in [-0.3, -0.25) is 10.1 Å². The third-order valence-corrected chi connectivity index (χ3v) is 2.78. The highest BCUT2D eigenvalue weighted by Crippen LogP contribution is 2.23. The Hall–Kier alpha value is -1.55. The number of nitrogens with one attached hydrogen (secondary N) is 2. The second kappa shape index (κ2) is 3.90. The van der Waals surface area contributed by atoms with Crippen molar-refractivity contribution in [3.05, 3.63) is 29.3 Å². The highest BCUT2D eigenvalue weighted by molar-refractivity contribution is 5.81. The Bertz CT molecular complexity index is 389. The summed E-state index contributed by atoms with van der Waals surface area (Å²) in [5, 5.41) is 6.44. The van der Waals surface area contributed by atoms with Gasteiger partial charge in [-0.05, 0) is 24.1 Å². The summed E-state index contributed by atoms with van der Waals surface area (Å²) in [4.78, 5) is 11.1. The van der Waals surface area contributed by atoms with Crippen molar-refractivity contribution in [3.8, 4) is 0 Å². The number of benzene rings is 1. The Morgan fingerprint density at radius 3 is 3.07 bits per heavy atom. The molecule has 0 saturated carbocycles. The Morgan fingerprint density at radius 2 is 2.33 bits per heavy atom. The minimum Gasteiger partial charge on any atom is -0.372 e. The number of primary amides is 1. The molecule has 1 aromatic carbocycles. The minimum absolute atomic E-state index is 0.225. The number of rotatable bonds is 2. The predicted octanol–water partition coefficient (Wildman–Crippen LogP) is 0.748. The van der Waals surface area contributed by atoms with Gasteiger partial charge < -0.3 is 11.1 Å². The lowest BCUT2D eigenvalue weighted by Crippen LogP contribution is -2.28. The predicted molar refractivity (Wildman–Crippen MR) is 59.4 cm³/mol. The molecule has 0 radical (unpaired) electrons. The average Bonchev–Trinajstić information content (AvgIpc) is 2.27. The van der Waals surface area contributed by atoms with E-state index in [0.717, 1.165) is 24.5 Å². The van der Waals surface area contributed by atoms with Crippen LogP contribution in [0.2, 0.25) is 0 Å². The number of hydrogen-bond donors (Lipinski definition) is 3. The molecule has 15 heavy (non-hydrogen) atoms. The largest absolute Gasteiger partial charge is 0.372 e. The summed E-state index contributed by atoms with van der Waals surface area (Å²) >= 11 is 0. The van der Waals surface area contributed by atoms with E-state index in [1.54, 1.807) is 0 Å². The van der Waals surface area contributed by atoms with Gasteiger partial charge in [0.2, 0.25) is 5.91 Å². The van der Waals surface area contributed by atoms with E-state index in [9.17, 15) is 4.79 Å². The van der Waals surface area contributed by atoms with Crippen LogP contribution in [-0.4, -0.2) is 12.6 Å². The molecule has 4 heteroatoms. The zero-order valence-corrected chi connectivity index (χ0v) is 8.71. The number of nitrogens with two attached hydrogens (primary N) is 1. The van der Waals surface area contributed by atoms with Crippen molar-refractivity contribution in [2.24, 2.45) is 5.73 Å². The van der Waals surface area contributed by atoms with Gasteiger partial charge in [0.1, 0.15) is 0 Å². The van der Waals surface area contributed by atoms with Gasteiger partial charge in [-0.25, -0.2) is 0 Å². The molecule has 1 atom stereocenters. The molecule has 1 unspecified atom stereocenters. The molecule has 0 bridgehead atoms. The summed E-state index contributed by atoms with van der Waals surface area (Å²) < 4.78 is 0. The first kappa shape index (κ1) is 9.98. The van der Waals surface area contributed by atoms with E-state index in [-0.39, 0.29) is 11.8 Å². The standard InChI is InChI=1S/C11H15N3O/c1-7(11(12)15)8-2-3-10-9(4-8)5-13-6-14-10/h2-4,7,13-14H,5-6H2,1H3,(H2,12,15). The maximum Gasteiger partial charge on any atom is 0.224 e. The summed E-state index contributed by atoms with van der Waals surface area (Å²) in [6.45, 7) is 3.45. The fraction of sp³-hybridized carbons (Fsp3) is 0.364. The van der Waals surface area contributed by atoms with Crippen molar-refractivity contribution in [2.75, 3.05) is 12.0 Å². The van der Waals surface area contributed by atoms with Crippen LogP contribution in [0.25, 0.3) is 0 Å². The zero-order valence-electron chi connectivity index (χ0n) is 8.71.